The van der Waals surface area contributed by atoms with Gasteiger partial charge in [-0.25, -0.2) is 0 Å². The first-order valence-corrected chi connectivity index (χ1v) is 4.55. The van der Waals surface area contributed by atoms with Gasteiger partial charge in [-0.05, 0) is 17.7 Å². The van der Waals surface area contributed by atoms with Crippen molar-refractivity contribution in [2.24, 2.45) is 5.73 Å². The van der Waals surface area contributed by atoms with Crippen LogP contribution in [0.5, 0.6) is 0 Å². The summed E-state index contributed by atoms with van der Waals surface area (Å²) < 4.78 is -0.483. The van der Waals surface area contributed by atoms with Crippen molar-refractivity contribution in [3.05, 3.63) is 39.9 Å². The van der Waals surface area contributed by atoms with Crippen LogP contribution in [0.3, 0.4) is 0 Å². The van der Waals surface area contributed by atoms with E-state index in [1.807, 2.05) is 0 Å². The third-order valence-electron chi connectivity index (χ3n) is 1.48. The minimum Gasteiger partial charge on any atom is -0.369 e. The molecule has 1 rings (SSSR count). The number of nitro groups is 1. The molecule has 0 aliphatic carbocycles. The van der Waals surface area contributed by atoms with Gasteiger partial charge in [-0.1, -0.05) is 12.1 Å². The minimum atomic E-state index is -0.483. The number of amides is 1. The summed E-state index contributed by atoms with van der Waals surface area (Å²) in [5, 5.41) is 10.1. The maximum Gasteiger partial charge on any atom is 0.265 e. The molecule has 0 aromatic heterocycles. The molecule has 14 heavy (non-hydrogen) atoms. The maximum absolute atomic E-state index is 10.5. The maximum atomic E-state index is 10.5. The Balaban J connectivity index is 2.68. The molecule has 0 spiro atoms. The quantitative estimate of drug-likeness (QED) is 0.458. The summed E-state index contributed by atoms with van der Waals surface area (Å²) in [6, 6.07) is 6.48. The number of nitrogens with zero attached hydrogens (tertiary/aromatic N) is 1. The van der Waals surface area contributed by atoms with Gasteiger partial charge in [-0.3, -0.25) is 14.9 Å². The largest absolute Gasteiger partial charge is 0.369 e. The molecule has 0 saturated carbocycles. The van der Waals surface area contributed by atoms with E-state index in [9.17, 15) is 14.9 Å². The number of primary amides is 1. The molecule has 0 atom stereocenters. The number of hydrogen-bond acceptors (Lipinski definition) is 4. The van der Waals surface area contributed by atoms with Gasteiger partial charge in [0, 0.05) is 0 Å². The van der Waals surface area contributed by atoms with Crippen LogP contribution < -0.4 is 5.73 Å². The van der Waals surface area contributed by atoms with Crippen LogP contribution in [0.1, 0.15) is 5.56 Å². The molecular formula is C8H8N2O3S. The van der Waals surface area contributed by atoms with Gasteiger partial charge in [-0.15, -0.1) is 0 Å². The van der Waals surface area contributed by atoms with Gasteiger partial charge in [0.05, 0.1) is 11.3 Å². The van der Waals surface area contributed by atoms with E-state index in [1.54, 1.807) is 24.3 Å². The lowest BCUT2D eigenvalue weighted by Gasteiger charge is -1.97. The van der Waals surface area contributed by atoms with Gasteiger partial charge >= 0.3 is 0 Å². The lowest BCUT2D eigenvalue weighted by atomic mass is 10.1. The molecule has 1 amide bonds. The Labute approximate surface area is 84.6 Å². The highest BCUT2D eigenvalue weighted by atomic mass is 32.2. The zero-order valence-corrected chi connectivity index (χ0v) is 7.99. The third-order valence-corrected chi connectivity index (χ3v) is 2.11. The second kappa shape index (κ2) is 4.61. The van der Waals surface area contributed by atoms with E-state index in [4.69, 9.17) is 5.73 Å². The summed E-state index contributed by atoms with van der Waals surface area (Å²) in [4.78, 5) is 21.2. The highest BCUT2D eigenvalue weighted by Crippen LogP contribution is 2.18. The lowest BCUT2D eigenvalue weighted by molar-refractivity contribution is -0.284. The van der Waals surface area contributed by atoms with Crippen LogP contribution in [-0.2, 0) is 11.2 Å². The number of carbonyl (C=O) groups excluding carboxylic acids is 1. The summed E-state index contributed by atoms with van der Waals surface area (Å²) in [7, 11) is 0. The second-order valence-corrected chi connectivity index (χ2v) is 3.55. The number of carbonyl (C=O) groups is 1. The van der Waals surface area contributed by atoms with Crippen LogP contribution in [0, 0.1) is 10.1 Å². The molecule has 0 unspecified atom stereocenters. The Morgan fingerprint density at radius 2 is 2.00 bits per heavy atom. The summed E-state index contributed by atoms with van der Waals surface area (Å²) in [5.41, 5.74) is 5.75. The Morgan fingerprint density at radius 3 is 2.43 bits per heavy atom. The smallest absolute Gasteiger partial charge is 0.265 e. The molecule has 74 valence electrons. The van der Waals surface area contributed by atoms with E-state index in [1.165, 1.54) is 0 Å². The highest BCUT2D eigenvalue weighted by molar-refractivity contribution is 7.93. The molecule has 1 aromatic carbocycles. The van der Waals surface area contributed by atoms with Gasteiger partial charge in [0.25, 0.3) is 11.9 Å². The summed E-state index contributed by atoms with van der Waals surface area (Å²) in [6.45, 7) is 0. The van der Waals surface area contributed by atoms with Crippen molar-refractivity contribution < 1.29 is 9.12 Å². The first kappa shape index (κ1) is 10.5. The van der Waals surface area contributed by atoms with Gasteiger partial charge < -0.3 is 5.73 Å². The SMILES string of the molecule is NC(=O)Cc1ccc(S[N+](=O)[O-])cc1. The fraction of sp³-hybridized carbons (Fsp3) is 0.125. The zero-order chi connectivity index (χ0) is 10.6. The van der Waals surface area contributed by atoms with Crippen molar-refractivity contribution in [1.82, 2.24) is 0 Å². The van der Waals surface area contributed by atoms with Crippen LogP contribution >= 0.6 is 11.9 Å². The molecule has 0 heterocycles. The third kappa shape index (κ3) is 3.44. The summed E-state index contributed by atoms with van der Waals surface area (Å²) in [6.07, 6.45) is 0.156. The molecule has 2 N–H and O–H groups in total. The van der Waals surface area contributed by atoms with E-state index in [-0.39, 0.29) is 6.42 Å². The Kier molecular flexibility index (Phi) is 3.47. The fourth-order valence-corrected chi connectivity index (χ4v) is 1.39. The normalized spacial score (nSPS) is 9.71. The minimum absolute atomic E-state index is 0.156. The highest BCUT2D eigenvalue weighted by Gasteiger charge is 2.05. The predicted octanol–water partition coefficient (Wildman–Crippen LogP) is 0.998. The number of hydrogen-bond donors (Lipinski definition) is 1. The topological polar surface area (TPSA) is 86.2 Å². The molecule has 0 aliphatic heterocycles. The average molecular weight is 212 g/mol. The number of benzene rings is 1. The molecule has 0 bridgehead atoms. The van der Waals surface area contributed by atoms with Crippen LogP contribution in [0.15, 0.2) is 29.2 Å². The standard InChI is InChI=1S/C8H8N2O3S/c9-8(11)5-6-1-3-7(4-2-6)14-10(12)13/h1-4H,5H2,(H2,9,11). The second-order valence-electron chi connectivity index (χ2n) is 2.60. The monoisotopic (exact) mass is 212 g/mol. The summed E-state index contributed by atoms with van der Waals surface area (Å²) >= 11 is 0.532. The van der Waals surface area contributed by atoms with Crippen molar-refractivity contribution >= 4 is 17.9 Å². The Morgan fingerprint density at radius 1 is 1.43 bits per heavy atom. The molecule has 0 aliphatic rings. The van der Waals surface area contributed by atoms with E-state index in [2.05, 4.69) is 0 Å². The van der Waals surface area contributed by atoms with Crippen LogP contribution in [0.2, 0.25) is 0 Å². The predicted molar refractivity (Wildman–Crippen MR) is 52.2 cm³/mol. The Hall–Kier alpha value is -1.56. The number of nitrogens with two attached hydrogens (primary N) is 1. The molecule has 6 heteroatoms. The summed E-state index contributed by atoms with van der Waals surface area (Å²) in [5.74, 6) is -0.417. The molecule has 0 saturated heterocycles. The zero-order valence-electron chi connectivity index (χ0n) is 7.17. The van der Waals surface area contributed by atoms with E-state index in [0.717, 1.165) is 5.56 Å². The van der Waals surface area contributed by atoms with E-state index in [0.29, 0.717) is 16.8 Å². The van der Waals surface area contributed by atoms with Gasteiger partial charge in [-0.2, -0.15) is 0 Å². The van der Waals surface area contributed by atoms with E-state index >= 15 is 0 Å². The fourth-order valence-electron chi connectivity index (χ4n) is 0.955. The van der Waals surface area contributed by atoms with Crippen molar-refractivity contribution in [1.29, 1.82) is 0 Å². The molecule has 0 fully saturated rings. The number of rotatable bonds is 4. The van der Waals surface area contributed by atoms with Crippen LogP contribution in [0.4, 0.5) is 0 Å². The Bertz CT molecular complexity index is 315. The van der Waals surface area contributed by atoms with Gasteiger partial charge in [0.15, 0.2) is 0 Å². The molecule has 5 nitrogen and oxygen atoms in total. The first-order valence-electron chi connectivity index (χ1n) is 3.77. The molecule has 0 radical (unpaired) electrons. The van der Waals surface area contributed by atoms with E-state index < -0.39 is 10.2 Å². The molecule has 1 aromatic rings. The van der Waals surface area contributed by atoms with Crippen molar-refractivity contribution in [2.45, 2.75) is 11.3 Å². The van der Waals surface area contributed by atoms with Gasteiger partial charge in [0.2, 0.25) is 5.91 Å². The van der Waals surface area contributed by atoms with Gasteiger partial charge in [0.1, 0.15) is 4.33 Å². The lowest BCUT2D eigenvalue weighted by Crippen LogP contribution is -2.13. The first-order chi connectivity index (χ1) is 6.58. The van der Waals surface area contributed by atoms with Crippen molar-refractivity contribution in [2.75, 3.05) is 0 Å². The van der Waals surface area contributed by atoms with Crippen molar-refractivity contribution in [3.8, 4) is 0 Å². The average Bonchev–Trinajstić information content (AvgIpc) is 2.06. The van der Waals surface area contributed by atoms with Crippen LogP contribution in [-0.4, -0.2) is 10.2 Å². The molecular weight excluding hydrogens is 204 g/mol. The van der Waals surface area contributed by atoms with Crippen LogP contribution in [0.25, 0.3) is 0 Å². The van der Waals surface area contributed by atoms with Crippen molar-refractivity contribution in [3.63, 3.8) is 0 Å².